The molecular formula is C23H29N3O2. The Hall–Kier alpha value is -2.40. The molecule has 148 valence electrons. The topological polar surface area (TPSA) is 45.7 Å². The molecular weight excluding hydrogens is 350 g/mol. The summed E-state index contributed by atoms with van der Waals surface area (Å²) in [6, 6.07) is 14.4. The fourth-order valence-electron chi connectivity index (χ4n) is 4.42. The van der Waals surface area contributed by atoms with E-state index in [0.29, 0.717) is 6.54 Å². The van der Waals surface area contributed by atoms with Crippen LogP contribution in [0.15, 0.2) is 42.5 Å². The van der Waals surface area contributed by atoms with E-state index < -0.39 is 0 Å². The lowest BCUT2D eigenvalue weighted by molar-refractivity contribution is -0.133. The number of likely N-dealkylation sites (tertiary alicyclic amines) is 2. The predicted molar refractivity (Wildman–Crippen MR) is 109 cm³/mol. The number of benzene rings is 1. The van der Waals surface area contributed by atoms with Crippen LogP contribution < -0.4 is 4.74 Å². The van der Waals surface area contributed by atoms with Crippen LogP contribution >= 0.6 is 0 Å². The largest absolute Gasteiger partial charge is 0.496 e. The average Bonchev–Trinajstić information content (AvgIpc) is 3.40. The van der Waals surface area contributed by atoms with E-state index in [-0.39, 0.29) is 11.9 Å². The maximum Gasteiger partial charge on any atom is 0.237 e. The van der Waals surface area contributed by atoms with Gasteiger partial charge in [0.25, 0.3) is 0 Å². The van der Waals surface area contributed by atoms with Crippen LogP contribution in [0.5, 0.6) is 5.75 Å². The second-order valence-corrected chi connectivity index (χ2v) is 7.77. The molecule has 0 unspecified atom stereocenters. The molecule has 1 aromatic carbocycles. The highest BCUT2D eigenvalue weighted by Gasteiger charge is 2.32. The summed E-state index contributed by atoms with van der Waals surface area (Å²) < 4.78 is 5.47. The van der Waals surface area contributed by atoms with Crippen molar-refractivity contribution in [3.05, 3.63) is 59.4 Å². The van der Waals surface area contributed by atoms with E-state index in [1.165, 1.54) is 12.8 Å². The smallest absolute Gasteiger partial charge is 0.237 e. The molecule has 2 aliphatic rings. The summed E-state index contributed by atoms with van der Waals surface area (Å²) in [5.74, 6) is 1.14. The molecule has 0 radical (unpaired) electrons. The second-order valence-electron chi connectivity index (χ2n) is 7.77. The molecule has 2 fully saturated rings. The molecule has 1 aromatic heterocycles. The summed E-state index contributed by atoms with van der Waals surface area (Å²) in [5, 5.41) is 0. The maximum absolute atomic E-state index is 12.9. The highest BCUT2D eigenvalue weighted by Crippen LogP contribution is 2.31. The first kappa shape index (κ1) is 18.9. The van der Waals surface area contributed by atoms with Gasteiger partial charge in [-0.15, -0.1) is 0 Å². The number of methoxy groups -OCH3 is 1. The number of para-hydroxylation sites is 1. The van der Waals surface area contributed by atoms with Crippen molar-refractivity contribution in [2.75, 3.05) is 33.3 Å². The molecule has 0 spiro atoms. The van der Waals surface area contributed by atoms with Crippen molar-refractivity contribution in [2.45, 2.75) is 38.1 Å². The third-order valence-corrected chi connectivity index (χ3v) is 5.86. The third-order valence-electron chi connectivity index (χ3n) is 5.86. The van der Waals surface area contributed by atoms with Gasteiger partial charge in [-0.05, 0) is 57.0 Å². The zero-order chi connectivity index (χ0) is 19.3. The Labute approximate surface area is 167 Å². The first-order chi connectivity index (χ1) is 13.7. The van der Waals surface area contributed by atoms with Crippen molar-refractivity contribution in [2.24, 2.45) is 0 Å². The first-order valence-electron chi connectivity index (χ1n) is 10.3. The van der Waals surface area contributed by atoms with Crippen LogP contribution in [0.2, 0.25) is 0 Å². The van der Waals surface area contributed by atoms with Crippen molar-refractivity contribution < 1.29 is 9.53 Å². The van der Waals surface area contributed by atoms with Crippen LogP contribution in [0.4, 0.5) is 0 Å². The quantitative estimate of drug-likeness (QED) is 0.771. The average molecular weight is 380 g/mol. The third kappa shape index (κ3) is 4.20. The van der Waals surface area contributed by atoms with Crippen molar-refractivity contribution in [1.29, 1.82) is 0 Å². The number of hydrogen-bond donors (Lipinski definition) is 0. The number of pyridine rings is 1. The Bertz CT molecular complexity index is 817. The second kappa shape index (κ2) is 8.74. The van der Waals surface area contributed by atoms with Crippen LogP contribution in [-0.2, 0) is 11.2 Å². The lowest BCUT2D eigenvalue weighted by Gasteiger charge is -2.27. The van der Waals surface area contributed by atoms with Gasteiger partial charge in [-0.2, -0.15) is 0 Å². The van der Waals surface area contributed by atoms with Gasteiger partial charge in [-0.1, -0.05) is 24.3 Å². The van der Waals surface area contributed by atoms with Gasteiger partial charge in [0.05, 0.1) is 25.4 Å². The van der Waals surface area contributed by atoms with Crippen LogP contribution in [-0.4, -0.2) is 54.0 Å². The van der Waals surface area contributed by atoms with Gasteiger partial charge in [0.1, 0.15) is 5.75 Å². The number of ether oxygens (including phenoxy) is 1. The first-order valence-corrected chi connectivity index (χ1v) is 10.3. The Morgan fingerprint density at radius 2 is 1.89 bits per heavy atom. The van der Waals surface area contributed by atoms with E-state index in [0.717, 1.165) is 61.6 Å². The molecule has 2 aromatic rings. The predicted octanol–water partition coefficient (Wildman–Crippen LogP) is 3.44. The number of amides is 1. The zero-order valence-corrected chi connectivity index (χ0v) is 16.6. The van der Waals surface area contributed by atoms with Crippen molar-refractivity contribution in [3.63, 3.8) is 0 Å². The van der Waals surface area contributed by atoms with Gasteiger partial charge in [0, 0.05) is 24.2 Å². The zero-order valence-electron chi connectivity index (χ0n) is 16.6. The normalized spacial score (nSPS) is 19.9. The van der Waals surface area contributed by atoms with Crippen LogP contribution in [0.3, 0.4) is 0 Å². The Balaban J connectivity index is 1.49. The van der Waals surface area contributed by atoms with Crippen LogP contribution in [0.25, 0.3) is 0 Å². The molecule has 1 atom stereocenters. The Morgan fingerprint density at radius 3 is 2.71 bits per heavy atom. The molecule has 5 nitrogen and oxygen atoms in total. The van der Waals surface area contributed by atoms with E-state index in [1.54, 1.807) is 7.11 Å². The fourth-order valence-corrected chi connectivity index (χ4v) is 4.42. The molecule has 2 aliphatic heterocycles. The summed E-state index contributed by atoms with van der Waals surface area (Å²) in [5.41, 5.74) is 3.16. The van der Waals surface area contributed by atoms with Gasteiger partial charge < -0.3 is 9.64 Å². The van der Waals surface area contributed by atoms with Crippen LogP contribution in [0, 0.1) is 0 Å². The summed E-state index contributed by atoms with van der Waals surface area (Å²) in [6.07, 6.45) is 5.20. The SMILES string of the molecule is COc1ccccc1Cc1cccc([C@@H]2CCCN2C(=O)CN2CCCC2)n1. The summed E-state index contributed by atoms with van der Waals surface area (Å²) >= 11 is 0. The molecule has 0 saturated carbocycles. The standard InChI is InChI=1S/C23H29N3O2/c1-28-22-12-3-2-8-18(22)16-19-9-6-10-20(24-19)21-11-7-15-26(21)23(27)17-25-13-4-5-14-25/h2-3,6,8-10,12,21H,4-5,7,11,13-17H2,1H3/t21-/m0/s1. The summed E-state index contributed by atoms with van der Waals surface area (Å²) in [4.78, 5) is 22.1. The van der Waals surface area contributed by atoms with Crippen molar-refractivity contribution in [1.82, 2.24) is 14.8 Å². The number of hydrogen-bond acceptors (Lipinski definition) is 4. The molecule has 3 heterocycles. The summed E-state index contributed by atoms with van der Waals surface area (Å²) in [6.45, 7) is 3.50. The monoisotopic (exact) mass is 379 g/mol. The minimum absolute atomic E-state index is 0.104. The number of aromatic nitrogens is 1. The molecule has 2 saturated heterocycles. The molecule has 0 aliphatic carbocycles. The van der Waals surface area contributed by atoms with Gasteiger partial charge in [-0.3, -0.25) is 14.7 Å². The van der Waals surface area contributed by atoms with E-state index in [1.807, 2.05) is 23.1 Å². The fraction of sp³-hybridized carbons (Fsp3) is 0.478. The number of nitrogens with zero attached hydrogens (tertiary/aromatic N) is 3. The minimum Gasteiger partial charge on any atom is -0.496 e. The van der Waals surface area contributed by atoms with Crippen LogP contribution in [0.1, 0.15) is 48.7 Å². The molecule has 5 heteroatoms. The van der Waals surface area contributed by atoms with Gasteiger partial charge in [-0.25, -0.2) is 0 Å². The minimum atomic E-state index is 0.104. The van der Waals surface area contributed by atoms with E-state index in [2.05, 4.69) is 29.2 Å². The molecule has 0 bridgehead atoms. The lowest BCUT2D eigenvalue weighted by Crippen LogP contribution is -2.39. The lowest BCUT2D eigenvalue weighted by atomic mass is 10.1. The molecule has 28 heavy (non-hydrogen) atoms. The Morgan fingerprint density at radius 1 is 1.07 bits per heavy atom. The molecule has 0 N–H and O–H groups in total. The van der Waals surface area contributed by atoms with E-state index >= 15 is 0 Å². The maximum atomic E-state index is 12.9. The Kier molecular flexibility index (Phi) is 5.91. The molecule has 4 rings (SSSR count). The highest BCUT2D eigenvalue weighted by atomic mass is 16.5. The van der Waals surface area contributed by atoms with Crippen molar-refractivity contribution >= 4 is 5.91 Å². The molecule has 1 amide bonds. The summed E-state index contributed by atoms with van der Waals surface area (Å²) in [7, 11) is 1.70. The highest BCUT2D eigenvalue weighted by molar-refractivity contribution is 5.79. The number of rotatable bonds is 6. The van der Waals surface area contributed by atoms with Gasteiger partial charge >= 0.3 is 0 Å². The van der Waals surface area contributed by atoms with Gasteiger partial charge in [0.2, 0.25) is 5.91 Å². The van der Waals surface area contributed by atoms with Gasteiger partial charge in [0.15, 0.2) is 0 Å². The van der Waals surface area contributed by atoms with Crippen molar-refractivity contribution in [3.8, 4) is 5.75 Å². The number of carbonyl (C=O) groups is 1. The van der Waals surface area contributed by atoms with E-state index in [9.17, 15) is 4.79 Å². The van der Waals surface area contributed by atoms with E-state index in [4.69, 9.17) is 9.72 Å². The number of carbonyl (C=O) groups excluding carboxylic acids is 1.